The van der Waals surface area contributed by atoms with E-state index in [-0.39, 0.29) is 12.6 Å². The Morgan fingerprint density at radius 3 is 2.93 bits per heavy atom. The number of aliphatic hydroxyl groups is 1. The summed E-state index contributed by atoms with van der Waals surface area (Å²) in [5, 5.41) is 8.73. The highest BCUT2D eigenvalue weighted by atomic mass is 79.9. The summed E-state index contributed by atoms with van der Waals surface area (Å²) in [7, 11) is 0. The predicted octanol–water partition coefficient (Wildman–Crippen LogP) is 2.25. The lowest BCUT2D eigenvalue weighted by Crippen LogP contribution is -2.24. The first-order chi connectivity index (χ1) is 6.72. The number of halogens is 1. The van der Waals surface area contributed by atoms with E-state index < -0.39 is 0 Å². The minimum absolute atomic E-state index is 0.0685. The normalized spacial score (nSPS) is 12.8. The van der Waals surface area contributed by atoms with Gasteiger partial charge in [0.25, 0.3) is 0 Å². The molecule has 0 aromatic heterocycles. The van der Waals surface area contributed by atoms with Crippen LogP contribution in [0.1, 0.15) is 6.42 Å². The van der Waals surface area contributed by atoms with Crippen molar-refractivity contribution < 1.29 is 5.11 Å². The predicted molar refractivity (Wildman–Crippen MR) is 64.5 cm³/mol. The fourth-order valence-corrected chi connectivity index (χ4v) is 2.57. The minimum Gasteiger partial charge on any atom is -0.395 e. The molecule has 78 valence electrons. The Hall–Kier alpha value is -0.0300. The van der Waals surface area contributed by atoms with Gasteiger partial charge in [-0.05, 0) is 30.4 Å². The molecule has 14 heavy (non-hydrogen) atoms. The Balaban J connectivity index is 2.31. The van der Waals surface area contributed by atoms with Crippen molar-refractivity contribution in [1.82, 2.24) is 0 Å². The van der Waals surface area contributed by atoms with E-state index in [4.69, 9.17) is 10.8 Å². The van der Waals surface area contributed by atoms with Gasteiger partial charge in [-0.3, -0.25) is 0 Å². The highest BCUT2D eigenvalue weighted by molar-refractivity contribution is 9.10. The average Bonchev–Trinajstić information content (AvgIpc) is 2.17. The van der Waals surface area contributed by atoms with Crippen molar-refractivity contribution in [3.63, 3.8) is 0 Å². The van der Waals surface area contributed by atoms with Gasteiger partial charge in [-0.2, -0.15) is 0 Å². The summed E-state index contributed by atoms with van der Waals surface area (Å²) in [6, 6.07) is 8.08. The summed E-state index contributed by atoms with van der Waals surface area (Å²) in [6.45, 7) is 0.0685. The molecule has 0 heterocycles. The van der Waals surface area contributed by atoms with Gasteiger partial charge in [-0.15, -0.1) is 11.8 Å². The molecule has 4 heteroatoms. The van der Waals surface area contributed by atoms with Crippen LogP contribution in [0, 0.1) is 0 Å². The smallest absolute Gasteiger partial charge is 0.0582 e. The van der Waals surface area contributed by atoms with Crippen molar-refractivity contribution >= 4 is 27.7 Å². The number of benzene rings is 1. The maximum Gasteiger partial charge on any atom is 0.0582 e. The van der Waals surface area contributed by atoms with E-state index in [1.807, 2.05) is 12.1 Å². The zero-order valence-corrected chi connectivity index (χ0v) is 10.2. The van der Waals surface area contributed by atoms with Crippen LogP contribution >= 0.6 is 27.7 Å². The van der Waals surface area contributed by atoms with Crippen LogP contribution in [0.15, 0.2) is 33.6 Å². The standard InChI is InChI=1S/C10H14BrNOS/c11-8-2-1-3-10(6-8)14-5-4-9(12)7-13/h1-3,6,9,13H,4-5,7,12H2. The van der Waals surface area contributed by atoms with Gasteiger partial charge in [0.15, 0.2) is 0 Å². The molecule has 0 aliphatic carbocycles. The molecule has 0 bridgehead atoms. The topological polar surface area (TPSA) is 46.2 Å². The zero-order chi connectivity index (χ0) is 10.4. The fraction of sp³-hybridized carbons (Fsp3) is 0.400. The minimum atomic E-state index is -0.0883. The summed E-state index contributed by atoms with van der Waals surface area (Å²) in [4.78, 5) is 1.23. The quantitative estimate of drug-likeness (QED) is 0.811. The Kier molecular flexibility index (Phi) is 5.55. The van der Waals surface area contributed by atoms with Crippen LogP contribution in [-0.2, 0) is 0 Å². The average molecular weight is 276 g/mol. The fourth-order valence-electron chi connectivity index (χ4n) is 0.976. The molecule has 1 unspecified atom stereocenters. The molecular formula is C10H14BrNOS. The number of thioether (sulfide) groups is 1. The Bertz CT molecular complexity index is 283. The molecule has 0 fully saturated rings. The lowest BCUT2D eigenvalue weighted by atomic mass is 10.3. The maximum absolute atomic E-state index is 8.73. The van der Waals surface area contributed by atoms with Crippen molar-refractivity contribution in [3.05, 3.63) is 28.7 Å². The third kappa shape index (κ3) is 4.46. The summed E-state index contributed by atoms with van der Waals surface area (Å²) in [5.74, 6) is 0.943. The second-order valence-corrected chi connectivity index (χ2v) is 5.12. The van der Waals surface area contributed by atoms with Crippen molar-refractivity contribution in [2.24, 2.45) is 5.73 Å². The molecule has 0 radical (unpaired) electrons. The van der Waals surface area contributed by atoms with Crippen LogP contribution in [0.4, 0.5) is 0 Å². The van der Waals surface area contributed by atoms with Crippen LogP contribution in [0.25, 0.3) is 0 Å². The Morgan fingerprint density at radius 2 is 2.29 bits per heavy atom. The molecule has 0 aliphatic rings. The van der Waals surface area contributed by atoms with Crippen molar-refractivity contribution in [1.29, 1.82) is 0 Å². The first kappa shape index (κ1) is 12.0. The van der Waals surface area contributed by atoms with Crippen LogP contribution in [0.2, 0.25) is 0 Å². The van der Waals surface area contributed by atoms with E-state index in [0.717, 1.165) is 16.6 Å². The summed E-state index contributed by atoms with van der Waals surface area (Å²) >= 11 is 5.18. The summed E-state index contributed by atoms with van der Waals surface area (Å²) in [5.41, 5.74) is 5.59. The van der Waals surface area contributed by atoms with Gasteiger partial charge in [0, 0.05) is 15.4 Å². The van der Waals surface area contributed by atoms with Gasteiger partial charge in [0.05, 0.1) is 6.61 Å². The molecule has 2 nitrogen and oxygen atoms in total. The monoisotopic (exact) mass is 275 g/mol. The maximum atomic E-state index is 8.73. The van der Waals surface area contributed by atoms with Crippen LogP contribution in [-0.4, -0.2) is 23.5 Å². The highest BCUT2D eigenvalue weighted by Crippen LogP contribution is 2.22. The van der Waals surface area contributed by atoms with Gasteiger partial charge in [-0.1, -0.05) is 22.0 Å². The van der Waals surface area contributed by atoms with Gasteiger partial charge in [-0.25, -0.2) is 0 Å². The first-order valence-electron chi connectivity index (χ1n) is 4.47. The molecular weight excluding hydrogens is 262 g/mol. The molecule has 0 spiro atoms. The molecule has 1 atom stereocenters. The lowest BCUT2D eigenvalue weighted by molar-refractivity contribution is 0.264. The second-order valence-electron chi connectivity index (χ2n) is 3.04. The number of nitrogens with two attached hydrogens (primary N) is 1. The van der Waals surface area contributed by atoms with Gasteiger partial charge in [0.2, 0.25) is 0 Å². The van der Waals surface area contributed by atoms with Gasteiger partial charge in [0.1, 0.15) is 0 Å². The zero-order valence-electron chi connectivity index (χ0n) is 7.82. The molecule has 0 saturated carbocycles. The van der Waals surface area contributed by atoms with E-state index in [0.29, 0.717) is 0 Å². The van der Waals surface area contributed by atoms with Crippen molar-refractivity contribution in [2.75, 3.05) is 12.4 Å². The number of aliphatic hydroxyl groups excluding tert-OH is 1. The Morgan fingerprint density at radius 1 is 1.50 bits per heavy atom. The van der Waals surface area contributed by atoms with E-state index in [2.05, 4.69) is 28.1 Å². The van der Waals surface area contributed by atoms with E-state index >= 15 is 0 Å². The molecule has 3 N–H and O–H groups in total. The van der Waals surface area contributed by atoms with E-state index in [1.54, 1.807) is 11.8 Å². The number of hydrogen-bond acceptors (Lipinski definition) is 3. The molecule has 0 amide bonds. The summed E-state index contributed by atoms with van der Waals surface area (Å²) < 4.78 is 1.09. The van der Waals surface area contributed by atoms with Crippen molar-refractivity contribution in [2.45, 2.75) is 17.4 Å². The van der Waals surface area contributed by atoms with E-state index in [9.17, 15) is 0 Å². The van der Waals surface area contributed by atoms with Crippen LogP contribution in [0.3, 0.4) is 0 Å². The molecule has 1 aromatic rings. The lowest BCUT2D eigenvalue weighted by Gasteiger charge is -2.07. The summed E-state index contributed by atoms with van der Waals surface area (Å²) in [6.07, 6.45) is 0.841. The Labute approximate surface area is 97.0 Å². The first-order valence-corrected chi connectivity index (χ1v) is 6.25. The van der Waals surface area contributed by atoms with Crippen LogP contribution in [0.5, 0.6) is 0 Å². The third-order valence-corrected chi connectivity index (χ3v) is 3.31. The molecule has 1 rings (SSSR count). The molecule has 1 aromatic carbocycles. The third-order valence-electron chi connectivity index (χ3n) is 1.79. The highest BCUT2D eigenvalue weighted by Gasteiger charge is 2.00. The molecule has 0 aliphatic heterocycles. The number of rotatable bonds is 5. The van der Waals surface area contributed by atoms with E-state index in [1.165, 1.54) is 4.90 Å². The SMILES string of the molecule is NC(CO)CCSc1cccc(Br)c1. The van der Waals surface area contributed by atoms with Gasteiger partial charge >= 0.3 is 0 Å². The van der Waals surface area contributed by atoms with Gasteiger partial charge < -0.3 is 10.8 Å². The van der Waals surface area contributed by atoms with Crippen LogP contribution < -0.4 is 5.73 Å². The van der Waals surface area contributed by atoms with Crippen molar-refractivity contribution in [3.8, 4) is 0 Å². The molecule has 0 saturated heterocycles. The second kappa shape index (κ2) is 6.45. The largest absolute Gasteiger partial charge is 0.395 e. The number of hydrogen-bond donors (Lipinski definition) is 2.